The summed E-state index contributed by atoms with van der Waals surface area (Å²) in [4.78, 5) is 14.1. The second-order valence-corrected chi connectivity index (χ2v) is 11.9. The third-order valence-corrected chi connectivity index (χ3v) is 7.65. The van der Waals surface area contributed by atoms with Crippen LogP contribution in [0.3, 0.4) is 0 Å². The van der Waals surface area contributed by atoms with Crippen LogP contribution in [0, 0.1) is 12.7 Å². The molecular formula is C26H35F2N3O4S. The molecule has 1 aromatic carbocycles. The van der Waals surface area contributed by atoms with E-state index in [2.05, 4.69) is 17.9 Å². The first-order chi connectivity index (χ1) is 16.6. The standard InChI is InChI=1S/C26H35F2N3O4S/c1-9-12-26(13-14-26)36(33,34)29-22(16-19(3)27)24(30(8)17-32)31(20(4)35-25(5,6)7)23-11-10-18(2)15-21(23)28/h9-11,15-17,29H,1,4,12-14H2,2-3,5-8H3/b19-16+,24-22-. The zero-order valence-electron chi connectivity index (χ0n) is 21.7. The van der Waals surface area contributed by atoms with E-state index in [9.17, 15) is 17.6 Å². The minimum absolute atomic E-state index is 0.0765. The quantitative estimate of drug-likeness (QED) is 0.172. The lowest BCUT2D eigenvalue weighted by Crippen LogP contribution is -2.41. The molecule has 1 aliphatic carbocycles. The Morgan fingerprint density at radius 1 is 1.31 bits per heavy atom. The maximum Gasteiger partial charge on any atom is 0.238 e. The number of amides is 1. The molecule has 1 aromatic rings. The highest BCUT2D eigenvalue weighted by Crippen LogP contribution is 2.46. The van der Waals surface area contributed by atoms with Gasteiger partial charge in [-0.2, -0.15) is 0 Å². The second kappa shape index (κ2) is 10.9. The highest BCUT2D eigenvalue weighted by atomic mass is 32.2. The van der Waals surface area contributed by atoms with Crippen molar-refractivity contribution in [3.05, 3.63) is 78.1 Å². The highest BCUT2D eigenvalue weighted by molar-refractivity contribution is 7.91. The van der Waals surface area contributed by atoms with Crippen LogP contribution in [0.15, 0.2) is 66.7 Å². The van der Waals surface area contributed by atoms with E-state index in [0.717, 1.165) is 22.8 Å². The molecule has 1 fully saturated rings. The molecule has 0 atom stereocenters. The number of rotatable bonds is 12. The summed E-state index contributed by atoms with van der Waals surface area (Å²) in [5.74, 6) is -1.73. The molecule has 0 heterocycles. The van der Waals surface area contributed by atoms with E-state index in [4.69, 9.17) is 4.74 Å². The molecule has 36 heavy (non-hydrogen) atoms. The molecule has 1 amide bonds. The fourth-order valence-corrected chi connectivity index (χ4v) is 5.29. The van der Waals surface area contributed by atoms with Gasteiger partial charge in [-0.3, -0.25) is 14.4 Å². The monoisotopic (exact) mass is 523 g/mol. The van der Waals surface area contributed by atoms with Crippen LogP contribution in [-0.2, 0) is 19.6 Å². The largest absolute Gasteiger partial charge is 0.473 e. The van der Waals surface area contributed by atoms with Crippen molar-refractivity contribution < 1.29 is 26.7 Å². The summed E-state index contributed by atoms with van der Waals surface area (Å²) in [5, 5.41) is 0. The van der Waals surface area contributed by atoms with Gasteiger partial charge in [0.15, 0.2) is 5.88 Å². The lowest BCUT2D eigenvalue weighted by molar-refractivity contribution is -0.115. The molecule has 0 saturated heterocycles. The minimum atomic E-state index is -4.06. The first kappa shape index (κ1) is 29.1. The van der Waals surface area contributed by atoms with Crippen LogP contribution in [0.5, 0.6) is 0 Å². The number of sulfonamides is 1. The third kappa shape index (κ3) is 6.75. The number of benzene rings is 1. The summed E-state index contributed by atoms with van der Waals surface area (Å²) in [6.45, 7) is 15.6. The molecule has 1 saturated carbocycles. The summed E-state index contributed by atoms with van der Waals surface area (Å²) in [5.41, 5.74) is -0.520. The minimum Gasteiger partial charge on any atom is -0.473 e. The SMILES string of the molecule is C=CCC1(S(=O)(=O)NC(/C=C(\C)F)=C(/N(C)C=O)N(C(=C)OC(C)(C)C)c2ccc(C)cc2F)CC1. The van der Waals surface area contributed by atoms with Crippen LogP contribution < -0.4 is 9.62 Å². The van der Waals surface area contributed by atoms with Gasteiger partial charge in [-0.25, -0.2) is 17.2 Å². The number of ether oxygens (including phenoxy) is 1. The average molecular weight is 524 g/mol. The number of carbonyl (C=O) groups is 1. The highest BCUT2D eigenvalue weighted by Gasteiger charge is 2.54. The summed E-state index contributed by atoms with van der Waals surface area (Å²) in [6.07, 6.45) is 3.83. The molecule has 0 unspecified atom stereocenters. The zero-order valence-corrected chi connectivity index (χ0v) is 22.5. The van der Waals surface area contributed by atoms with E-state index in [-0.39, 0.29) is 29.5 Å². The number of carbonyl (C=O) groups excluding carboxylic acids is 1. The number of nitrogens with one attached hydrogen (secondary N) is 1. The van der Waals surface area contributed by atoms with Crippen LogP contribution in [0.2, 0.25) is 0 Å². The van der Waals surface area contributed by atoms with Crippen LogP contribution in [0.1, 0.15) is 52.5 Å². The lowest BCUT2D eigenvalue weighted by atomic mass is 10.2. The van der Waals surface area contributed by atoms with Gasteiger partial charge in [0.2, 0.25) is 16.4 Å². The Bertz CT molecular complexity index is 1190. The van der Waals surface area contributed by atoms with Crippen molar-refractivity contribution in [1.82, 2.24) is 9.62 Å². The maximum absolute atomic E-state index is 15.3. The lowest BCUT2D eigenvalue weighted by Gasteiger charge is -2.36. The van der Waals surface area contributed by atoms with Gasteiger partial charge in [0.05, 0.1) is 22.0 Å². The molecule has 0 spiro atoms. The van der Waals surface area contributed by atoms with Crippen molar-refractivity contribution in [3.63, 3.8) is 0 Å². The number of aryl methyl sites for hydroxylation is 1. The van der Waals surface area contributed by atoms with E-state index < -0.39 is 32.0 Å². The van der Waals surface area contributed by atoms with Crippen molar-refractivity contribution in [1.29, 1.82) is 0 Å². The average Bonchev–Trinajstić information content (AvgIpc) is 3.51. The van der Waals surface area contributed by atoms with Crippen molar-refractivity contribution >= 4 is 22.1 Å². The topological polar surface area (TPSA) is 79.0 Å². The van der Waals surface area contributed by atoms with Gasteiger partial charge >= 0.3 is 0 Å². The van der Waals surface area contributed by atoms with Gasteiger partial charge < -0.3 is 9.64 Å². The second-order valence-electron chi connectivity index (χ2n) is 9.86. The smallest absolute Gasteiger partial charge is 0.238 e. The molecule has 2 rings (SSSR count). The Kier molecular flexibility index (Phi) is 8.78. The summed E-state index contributed by atoms with van der Waals surface area (Å²) in [7, 11) is -2.73. The van der Waals surface area contributed by atoms with Gasteiger partial charge in [0, 0.05) is 7.05 Å². The Balaban J connectivity index is 2.88. The first-order valence-corrected chi connectivity index (χ1v) is 12.9. The van der Waals surface area contributed by atoms with E-state index in [0.29, 0.717) is 24.8 Å². The molecule has 1 aliphatic rings. The summed E-state index contributed by atoms with van der Waals surface area (Å²) >= 11 is 0. The van der Waals surface area contributed by atoms with Crippen molar-refractivity contribution in [3.8, 4) is 0 Å². The number of anilines is 1. The van der Waals surface area contributed by atoms with E-state index in [1.807, 2.05) is 0 Å². The zero-order chi connectivity index (χ0) is 27.5. The van der Waals surface area contributed by atoms with E-state index in [1.165, 1.54) is 25.3 Å². The van der Waals surface area contributed by atoms with Gasteiger partial charge in [-0.05, 0) is 84.2 Å². The number of hydrogen-bond acceptors (Lipinski definition) is 5. The summed E-state index contributed by atoms with van der Waals surface area (Å²) < 4.78 is 63.6. The maximum atomic E-state index is 15.3. The van der Waals surface area contributed by atoms with Crippen LogP contribution in [-0.4, -0.2) is 37.1 Å². The number of allylic oxidation sites excluding steroid dienone is 3. The number of nitrogens with zero attached hydrogens (tertiary/aromatic N) is 2. The van der Waals surface area contributed by atoms with E-state index in [1.54, 1.807) is 33.8 Å². The van der Waals surface area contributed by atoms with Crippen LogP contribution in [0.4, 0.5) is 14.5 Å². The Morgan fingerprint density at radius 2 is 1.92 bits per heavy atom. The summed E-state index contributed by atoms with van der Waals surface area (Å²) in [6, 6.07) is 4.35. The molecule has 10 heteroatoms. The first-order valence-electron chi connectivity index (χ1n) is 11.4. The Hall–Kier alpha value is -3.14. The normalized spacial score (nSPS) is 15.9. The van der Waals surface area contributed by atoms with Crippen LogP contribution >= 0.6 is 0 Å². The van der Waals surface area contributed by atoms with Crippen molar-refractivity contribution in [2.75, 3.05) is 11.9 Å². The molecular weight excluding hydrogens is 488 g/mol. The fraction of sp³-hybridized carbons (Fsp3) is 0.423. The Morgan fingerprint density at radius 3 is 2.36 bits per heavy atom. The van der Waals surface area contributed by atoms with Gasteiger partial charge in [0.1, 0.15) is 17.2 Å². The number of hydrogen-bond donors (Lipinski definition) is 1. The van der Waals surface area contributed by atoms with Gasteiger partial charge in [-0.15, -0.1) is 6.58 Å². The molecule has 0 aromatic heterocycles. The van der Waals surface area contributed by atoms with Crippen molar-refractivity contribution in [2.24, 2.45) is 0 Å². The molecule has 198 valence electrons. The van der Waals surface area contributed by atoms with Gasteiger partial charge in [-0.1, -0.05) is 12.1 Å². The molecule has 1 N–H and O–H groups in total. The molecule has 0 aliphatic heterocycles. The van der Waals surface area contributed by atoms with Crippen molar-refractivity contribution in [2.45, 2.75) is 64.2 Å². The predicted octanol–water partition coefficient (Wildman–Crippen LogP) is 5.39. The predicted molar refractivity (Wildman–Crippen MR) is 138 cm³/mol. The van der Waals surface area contributed by atoms with E-state index >= 15 is 4.39 Å². The fourth-order valence-electron chi connectivity index (χ4n) is 3.65. The Labute approximate surface area is 212 Å². The molecule has 7 nitrogen and oxygen atoms in total. The molecule has 0 bridgehead atoms. The number of halogens is 2. The van der Waals surface area contributed by atoms with Crippen LogP contribution in [0.25, 0.3) is 0 Å². The van der Waals surface area contributed by atoms with Gasteiger partial charge in [0.25, 0.3) is 0 Å². The molecule has 0 radical (unpaired) electrons. The third-order valence-electron chi connectivity index (χ3n) is 5.44.